The molecule has 0 heterocycles. The molecule has 23 heavy (non-hydrogen) atoms. The van der Waals surface area contributed by atoms with E-state index in [0.717, 1.165) is 11.8 Å². The highest BCUT2D eigenvalue weighted by Gasteiger charge is 2.13. The van der Waals surface area contributed by atoms with Crippen molar-refractivity contribution >= 4 is 16.2 Å². The summed E-state index contributed by atoms with van der Waals surface area (Å²) in [6.45, 7) is 4.04. The van der Waals surface area contributed by atoms with Gasteiger partial charge in [-0.15, -0.1) is 0 Å². The molecule has 2 aromatic carbocycles. The van der Waals surface area contributed by atoms with Crippen molar-refractivity contribution in [3.8, 4) is 11.5 Å². The first-order valence-corrected chi connectivity index (χ1v) is 8.45. The molecule has 0 bridgehead atoms. The van der Waals surface area contributed by atoms with Crippen molar-refractivity contribution in [1.82, 2.24) is 4.83 Å². The lowest BCUT2D eigenvalue weighted by molar-refractivity contribution is 0.403. The van der Waals surface area contributed by atoms with Gasteiger partial charge >= 0.3 is 0 Å². The number of sulfonamides is 1. The van der Waals surface area contributed by atoms with Crippen molar-refractivity contribution in [3.05, 3.63) is 53.6 Å². The number of rotatable bonds is 5. The summed E-state index contributed by atoms with van der Waals surface area (Å²) in [7, 11) is -3.79. The Kier molecular flexibility index (Phi) is 4.90. The highest BCUT2D eigenvalue weighted by molar-refractivity contribution is 7.89. The van der Waals surface area contributed by atoms with Crippen LogP contribution < -0.4 is 4.83 Å². The summed E-state index contributed by atoms with van der Waals surface area (Å²) in [6, 6.07) is 10.8. The summed E-state index contributed by atoms with van der Waals surface area (Å²) in [5, 5.41) is 22.6. The quantitative estimate of drug-likeness (QED) is 0.444. The maximum Gasteiger partial charge on any atom is 0.276 e. The Bertz CT molecular complexity index is 812. The van der Waals surface area contributed by atoms with Crippen LogP contribution in [0, 0.1) is 0 Å². The second-order valence-electron chi connectivity index (χ2n) is 5.29. The highest BCUT2D eigenvalue weighted by Crippen LogP contribution is 2.26. The third kappa shape index (κ3) is 4.01. The summed E-state index contributed by atoms with van der Waals surface area (Å²) in [5.74, 6) is -0.357. The van der Waals surface area contributed by atoms with Crippen molar-refractivity contribution in [2.24, 2.45) is 5.10 Å². The van der Waals surface area contributed by atoms with Crippen molar-refractivity contribution in [2.45, 2.75) is 24.7 Å². The maximum absolute atomic E-state index is 12.1. The van der Waals surface area contributed by atoms with Crippen LogP contribution in [-0.4, -0.2) is 24.8 Å². The van der Waals surface area contributed by atoms with Crippen LogP contribution in [0.5, 0.6) is 11.5 Å². The molecule has 0 amide bonds. The third-order valence-electron chi connectivity index (χ3n) is 3.28. The van der Waals surface area contributed by atoms with Gasteiger partial charge in [-0.2, -0.15) is 13.5 Å². The van der Waals surface area contributed by atoms with Gasteiger partial charge in [-0.25, -0.2) is 4.83 Å². The van der Waals surface area contributed by atoms with Crippen molar-refractivity contribution in [2.75, 3.05) is 0 Å². The van der Waals surface area contributed by atoms with E-state index in [0.29, 0.717) is 5.92 Å². The van der Waals surface area contributed by atoms with Gasteiger partial charge in [0.1, 0.15) is 0 Å². The summed E-state index contributed by atoms with van der Waals surface area (Å²) in [4.78, 5) is 2.16. The number of phenols is 2. The molecule has 2 aromatic rings. The molecule has 0 spiro atoms. The lowest BCUT2D eigenvalue weighted by Gasteiger charge is -2.07. The molecule has 0 fully saturated rings. The van der Waals surface area contributed by atoms with Crippen LogP contribution in [0.2, 0.25) is 0 Å². The van der Waals surface area contributed by atoms with E-state index in [1.54, 1.807) is 12.1 Å². The average molecular weight is 334 g/mol. The summed E-state index contributed by atoms with van der Waals surface area (Å²) >= 11 is 0. The van der Waals surface area contributed by atoms with Crippen LogP contribution in [0.3, 0.4) is 0 Å². The van der Waals surface area contributed by atoms with E-state index in [4.69, 9.17) is 0 Å². The van der Waals surface area contributed by atoms with Crippen molar-refractivity contribution in [1.29, 1.82) is 0 Å². The van der Waals surface area contributed by atoms with Crippen molar-refractivity contribution in [3.63, 3.8) is 0 Å². The number of phenolic OH excluding ortho intramolecular Hbond substituents is 2. The topological polar surface area (TPSA) is 99.0 Å². The zero-order chi connectivity index (χ0) is 17.0. The van der Waals surface area contributed by atoms with Gasteiger partial charge in [0.25, 0.3) is 10.0 Å². The normalized spacial score (nSPS) is 12.0. The average Bonchev–Trinajstić information content (AvgIpc) is 2.51. The van der Waals surface area contributed by atoms with Gasteiger partial charge in [-0.05, 0) is 35.7 Å². The monoisotopic (exact) mass is 334 g/mol. The summed E-state index contributed by atoms with van der Waals surface area (Å²) in [6.07, 6.45) is 1.12. The number of aromatic hydroxyl groups is 2. The molecule has 0 saturated heterocycles. The Hall–Kier alpha value is -2.54. The molecular formula is C16H18N2O4S. The van der Waals surface area contributed by atoms with Crippen LogP contribution in [0.4, 0.5) is 0 Å². The van der Waals surface area contributed by atoms with E-state index < -0.39 is 10.0 Å². The second kappa shape index (κ2) is 6.70. The minimum Gasteiger partial charge on any atom is -0.504 e. The fraction of sp³-hybridized carbons (Fsp3) is 0.188. The molecule has 3 N–H and O–H groups in total. The smallest absolute Gasteiger partial charge is 0.276 e. The van der Waals surface area contributed by atoms with Gasteiger partial charge in [0.2, 0.25) is 0 Å². The number of hydrogen-bond donors (Lipinski definition) is 3. The first-order valence-electron chi connectivity index (χ1n) is 6.97. The lowest BCUT2D eigenvalue weighted by atomic mass is 10.0. The minimum absolute atomic E-state index is 0.0965. The van der Waals surface area contributed by atoms with Gasteiger partial charge in [0, 0.05) is 5.56 Å². The highest BCUT2D eigenvalue weighted by atomic mass is 32.2. The first kappa shape index (κ1) is 16.8. The molecular weight excluding hydrogens is 316 g/mol. The van der Waals surface area contributed by atoms with Crippen LogP contribution in [0.25, 0.3) is 0 Å². The fourth-order valence-electron chi connectivity index (χ4n) is 1.90. The van der Waals surface area contributed by atoms with E-state index in [2.05, 4.69) is 9.93 Å². The number of benzene rings is 2. The molecule has 0 aliphatic heterocycles. The van der Waals surface area contributed by atoms with Crippen LogP contribution in [0.15, 0.2) is 52.5 Å². The molecule has 122 valence electrons. The first-order chi connectivity index (χ1) is 10.8. The maximum atomic E-state index is 12.1. The van der Waals surface area contributed by atoms with Gasteiger partial charge < -0.3 is 10.2 Å². The van der Waals surface area contributed by atoms with Crippen LogP contribution >= 0.6 is 0 Å². The Labute approximate surface area is 135 Å². The largest absolute Gasteiger partial charge is 0.504 e. The Morgan fingerprint density at radius 3 is 2.35 bits per heavy atom. The van der Waals surface area contributed by atoms with E-state index >= 15 is 0 Å². The van der Waals surface area contributed by atoms with Gasteiger partial charge in [0.05, 0.1) is 11.1 Å². The summed E-state index contributed by atoms with van der Waals surface area (Å²) < 4.78 is 24.2. The number of para-hydroxylation sites is 1. The molecule has 0 radical (unpaired) electrons. The summed E-state index contributed by atoms with van der Waals surface area (Å²) in [5.41, 5.74) is 1.24. The van der Waals surface area contributed by atoms with Crippen LogP contribution in [-0.2, 0) is 10.0 Å². The van der Waals surface area contributed by atoms with Gasteiger partial charge in [0.15, 0.2) is 11.5 Å². The predicted octanol–water partition coefficient (Wildman–Crippen LogP) is 2.53. The standard InChI is InChI=1S/C16H18N2O4S/c1-11(2)12-6-8-14(9-7-12)23(21,22)18-17-10-13-4-3-5-15(19)16(13)20/h3-11,18-20H,1-2H3/b17-10-. The second-order valence-corrected chi connectivity index (χ2v) is 6.95. The van der Waals surface area contributed by atoms with Crippen LogP contribution in [0.1, 0.15) is 30.9 Å². The van der Waals surface area contributed by atoms with E-state index in [9.17, 15) is 18.6 Å². The molecule has 0 aliphatic carbocycles. The fourth-order valence-corrected chi connectivity index (χ4v) is 2.69. The molecule has 0 saturated carbocycles. The van der Waals surface area contributed by atoms with Gasteiger partial charge in [-0.1, -0.05) is 32.0 Å². The Morgan fingerprint density at radius 2 is 1.74 bits per heavy atom. The lowest BCUT2D eigenvalue weighted by Crippen LogP contribution is -2.18. The number of nitrogens with one attached hydrogen (secondary N) is 1. The molecule has 7 heteroatoms. The number of hydrazone groups is 1. The van der Waals surface area contributed by atoms with E-state index in [-0.39, 0.29) is 22.0 Å². The van der Waals surface area contributed by atoms with Gasteiger partial charge in [-0.3, -0.25) is 0 Å². The number of hydrogen-bond acceptors (Lipinski definition) is 5. The van der Waals surface area contributed by atoms with E-state index in [1.165, 1.54) is 30.3 Å². The van der Waals surface area contributed by atoms with E-state index in [1.807, 2.05) is 13.8 Å². The molecule has 0 atom stereocenters. The molecule has 0 aliphatic rings. The Balaban J connectivity index is 2.15. The SMILES string of the molecule is CC(C)c1ccc(S(=O)(=O)N/N=C\c2cccc(O)c2O)cc1. The minimum atomic E-state index is -3.79. The predicted molar refractivity (Wildman–Crippen MR) is 88.2 cm³/mol. The Morgan fingerprint density at radius 1 is 1.09 bits per heavy atom. The zero-order valence-electron chi connectivity index (χ0n) is 12.8. The zero-order valence-corrected chi connectivity index (χ0v) is 13.6. The molecule has 6 nitrogen and oxygen atoms in total. The molecule has 0 aromatic heterocycles. The van der Waals surface area contributed by atoms with Crippen molar-refractivity contribution < 1.29 is 18.6 Å². The molecule has 0 unspecified atom stereocenters. The molecule has 2 rings (SSSR count). The number of nitrogens with zero attached hydrogens (tertiary/aromatic N) is 1. The third-order valence-corrected chi connectivity index (χ3v) is 4.52.